The first-order valence-electron chi connectivity index (χ1n) is 16.5. The number of rotatable bonds is 12. The molecule has 214 valence electrons. The summed E-state index contributed by atoms with van der Waals surface area (Å²) in [4.78, 5) is 12.4. The minimum absolute atomic E-state index is 0.298. The van der Waals surface area contributed by atoms with Crippen LogP contribution in [-0.4, -0.2) is 11.1 Å². The van der Waals surface area contributed by atoms with Gasteiger partial charge < -0.3 is 5.11 Å². The van der Waals surface area contributed by atoms with Gasteiger partial charge in [-0.15, -0.1) is 0 Å². The number of hydrogen-bond acceptors (Lipinski definition) is 1. The first-order chi connectivity index (χ1) is 18.4. The van der Waals surface area contributed by atoms with Crippen LogP contribution in [0.2, 0.25) is 0 Å². The maximum Gasteiger partial charge on any atom is 0.314 e. The average Bonchev–Trinajstić information content (AvgIpc) is 2.93. The highest BCUT2D eigenvalue weighted by atomic mass is 19.1. The fourth-order valence-electron chi connectivity index (χ4n) is 8.52. The number of carbonyl (C=O) groups is 1. The largest absolute Gasteiger partial charge is 0.481 e. The second-order valence-electron chi connectivity index (χ2n) is 13.5. The lowest BCUT2D eigenvalue weighted by Gasteiger charge is -2.38. The molecule has 0 amide bonds. The summed E-state index contributed by atoms with van der Waals surface area (Å²) in [5.74, 6) is 3.13. The molecule has 1 N–H and O–H groups in total. The number of aryl methyl sites for hydroxylation is 1. The van der Waals surface area contributed by atoms with Crippen molar-refractivity contribution in [2.75, 3.05) is 0 Å². The molecule has 3 saturated carbocycles. The normalized spacial score (nSPS) is 32.2. The van der Waals surface area contributed by atoms with Crippen LogP contribution in [0.5, 0.6) is 0 Å². The Balaban J connectivity index is 1.23. The Kier molecular flexibility index (Phi) is 11.1. The molecule has 0 aromatic heterocycles. The standard InChI is InChI=1S/C35H55FO2/c1-3-5-6-8-27-11-16-30(17-12-27)31-18-13-28(14-19-31)9-10-29-15-20-32(33(36)25-29)35(34(37)38)23-21-26(7-4-2)22-24-35/h15,20,25-28,30-31H,3-14,16-19,21-24H2,1-2H3,(H,37,38). The Hall–Kier alpha value is -1.38. The van der Waals surface area contributed by atoms with Gasteiger partial charge in [0.05, 0.1) is 5.41 Å². The van der Waals surface area contributed by atoms with Crippen molar-refractivity contribution in [2.24, 2.45) is 29.6 Å². The van der Waals surface area contributed by atoms with Gasteiger partial charge in [0.2, 0.25) is 0 Å². The van der Waals surface area contributed by atoms with Gasteiger partial charge in [0, 0.05) is 5.56 Å². The van der Waals surface area contributed by atoms with Gasteiger partial charge in [-0.05, 0) is 105 Å². The number of aliphatic carboxylic acids is 1. The molecule has 0 unspecified atom stereocenters. The predicted molar refractivity (Wildman–Crippen MR) is 156 cm³/mol. The monoisotopic (exact) mass is 526 g/mol. The first-order valence-corrected chi connectivity index (χ1v) is 16.5. The molecule has 4 rings (SSSR count). The molecule has 0 bridgehead atoms. The summed E-state index contributed by atoms with van der Waals surface area (Å²) in [7, 11) is 0. The van der Waals surface area contributed by atoms with E-state index in [4.69, 9.17) is 0 Å². The van der Waals surface area contributed by atoms with Gasteiger partial charge in [-0.3, -0.25) is 4.79 Å². The summed E-state index contributed by atoms with van der Waals surface area (Å²) in [5.41, 5.74) is 0.416. The van der Waals surface area contributed by atoms with Gasteiger partial charge in [0.25, 0.3) is 0 Å². The van der Waals surface area contributed by atoms with E-state index in [2.05, 4.69) is 13.8 Å². The number of hydrogen-bond donors (Lipinski definition) is 1. The fraction of sp³-hybridized carbons (Fsp3) is 0.800. The second kappa shape index (κ2) is 14.3. The zero-order valence-corrected chi connectivity index (χ0v) is 24.5. The minimum atomic E-state index is -1.04. The Bertz CT molecular complexity index is 855. The lowest BCUT2D eigenvalue weighted by molar-refractivity contribution is -0.145. The van der Waals surface area contributed by atoms with Crippen molar-refractivity contribution in [3.05, 3.63) is 35.1 Å². The zero-order valence-electron chi connectivity index (χ0n) is 24.5. The van der Waals surface area contributed by atoms with Crippen LogP contribution in [0.4, 0.5) is 4.39 Å². The number of unbranched alkanes of at least 4 members (excludes halogenated alkanes) is 2. The van der Waals surface area contributed by atoms with E-state index in [1.807, 2.05) is 12.1 Å². The van der Waals surface area contributed by atoms with E-state index < -0.39 is 11.4 Å². The third-order valence-electron chi connectivity index (χ3n) is 11.1. The maximum atomic E-state index is 15.4. The number of halogens is 1. The Morgan fingerprint density at radius 3 is 1.89 bits per heavy atom. The molecule has 38 heavy (non-hydrogen) atoms. The summed E-state index contributed by atoms with van der Waals surface area (Å²) in [6.07, 6.45) is 24.2. The molecular formula is C35H55FO2. The van der Waals surface area contributed by atoms with E-state index in [-0.39, 0.29) is 5.82 Å². The van der Waals surface area contributed by atoms with Crippen molar-refractivity contribution in [2.45, 2.75) is 148 Å². The quantitative estimate of drug-likeness (QED) is 0.275. The summed E-state index contributed by atoms with van der Waals surface area (Å²) in [5, 5.41) is 10.1. The lowest BCUT2D eigenvalue weighted by Crippen LogP contribution is -2.40. The molecule has 0 spiro atoms. The van der Waals surface area contributed by atoms with Crippen molar-refractivity contribution < 1.29 is 14.3 Å². The molecule has 2 nitrogen and oxygen atoms in total. The van der Waals surface area contributed by atoms with Gasteiger partial charge in [-0.1, -0.05) is 90.2 Å². The van der Waals surface area contributed by atoms with E-state index in [0.29, 0.717) is 24.3 Å². The number of benzene rings is 1. The molecule has 0 aliphatic heterocycles. The molecule has 0 atom stereocenters. The molecule has 3 heteroatoms. The molecular weight excluding hydrogens is 471 g/mol. The molecule has 0 radical (unpaired) electrons. The molecule has 3 aliphatic rings. The van der Waals surface area contributed by atoms with Crippen molar-refractivity contribution in [3.8, 4) is 0 Å². The van der Waals surface area contributed by atoms with Crippen LogP contribution in [0.3, 0.4) is 0 Å². The minimum Gasteiger partial charge on any atom is -0.481 e. The van der Waals surface area contributed by atoms with Gasteiger partial charge in [-0.25, -0.2) is 4.39 Å². The van der Waals surface area contributed by atoms with Crippen molar-refractivity contribution in [1.29, 1.82) is 0 Å². The molecule has 0 heterocycles. The Morgan fingerprint density at radius 2 is 1.37 bits per heavy atom. The SMILES string of the molecule is CCCCCC1CCC(C2CCC(CCc3ccc(C4(C(=O)O)CCC(CCC)CC4)c(F)c3)CC2)CC1. The smallest absolute Gasteiger partial charge is 0.314 e. The van der Waals surface area contributed by atoms with Crippen LogP contribution >= 0.6 is 0 Å². The third kappa shape index (κ3) is 7.42. The van der Waals surface area contributed by atoms with Crippen molar-refractivity contribution >= 4 is 5.97 Å². The maximum absolute atomic E-state index is 15.4. The molecule has 1 aromatic carbocycles. The van der Waals surface area contributed by atoms with Gasteiger partial charge in [-0.2, -0.15) is 0 Å². The van der Waals surface area contributed by atoms with Gasteiger partial charge >= 0.3 is 5.97 Å². The summed E-state index contributed by atoms with van der Waals surface area (Å²) in [6.45, 7) is 4.49. The molecule has 0 saturated heterocycles. The van der Waals surface area contributed by atoms with Crippen LogP contribution < -0.4 is 0 Å². The topological polar surface area (TPSA) is 37.3 Å². The molecule has 3 fully saturated rings. The predicted octanol–water partition coefficient (Wildman–Crippen LogP) is 10.3. The van der Waals surface area contributed by atoms with E-state index in [0.717, 1.165) is 67.8 Å². The lowest BCUT2D eigenvalue weighted by atomic mass is 9.65. The third-order valence-corrected chi connectivity index (χ3v) is 11.1. The second-order valence-corrected chi connectivity index (χ2v) is 13.5. The summed E-state index contributed by atoms with van der Waals surface area (Å²) >= 11 is 0. The molecule has 1 aromatic rings. The van der Waals surface area contributed by atoms with Crippen LogP contribution in [0.15, 0.2) is 18.2 Å². The number of carboxylic acid groups (broad SMARTS) is 1. The van der Waals surface area contributed by atoms with Crippen LogP contribution in [0.1, 0.15) is 147 Å². The van der Waals surface area contributed by atoms with E-state index in [1.54, 1.807) is 6.07 Å². The van der Waals surface area contributed by atoms with E-state index in [1.165, 1.54) is 77.0 Å². The highest BCUT2D eigenvalue weighted by Crippen LogP contribution is 2.45. The average molecular weight is 527 g/mol. The molecule has 3 aliphatic carbocycles. The van der Waals surface area contributed by atoms with Crippen LogP contribution in [0, 0.1) is 35.4 Å². The van der Waals surface area contributed by atoms with E-state index >= 15 is 4.39 Å². The zero-order chi connectivity index (χ0) is 27.0. The van der Waals surface area contributed by atoms with Crippen LogP contribution in [0.25, 0.3) is 0 Å². The van der Waals surface area contributed by atoms with Gasteiger partial charge in [0.1, 0.15) is 5.82 Å². The van der Waals surface area contributed by atoms with Crippen molar-refractivity contribution in [1.82, 2.24) is 0 Å². The first kappa shape index (κ1) is 29.6. The highest BCUT2D eigenvalue weighted by molar-refractivity contribution is 5.81. The van der Waals surface area contributed by atoms with Gasteiger partial charge in [0.15, 0.2) is 0 Å². The fourth-order valence-corrected chi connectivity index (χ4v) is 8.52. The van der Waals surface area contributed by atoms with Crippen LogP contribution in [-0.2, 0) is 16.6 Å². The highest BCUT2D eigenvalue weighted by Gasteiger charge is 2.45. The number of carboxylic acids is 1. The Labute approximate surface area is 232 Å². The van der Waals surface area contributed by atoms with Crippen molar-refractivity contribution in [3.63, 3.8) is 0 Å². The summed E-state index contributed by atoms with van der Waals surface area (Å²) in [6, 6.07) is 5.49. The van der Waals surface area contributed by atoms with E-state index in [9.17, 15) is 9.90 Å². The Morgan fingerprint density at radius 1 is 0.789 bits per heavy atom. The summed E-state index contributed by atoms with van der Waals surface area (Å²) < 4.78 is 15.4.